The predicted octanol–water partition coefficient (Wildman–Crippen LogP) is 4.55. The number of hydrogen-bond acceptors (Lipinski definition) is 4. The second kappa shape index (κ2) is 9.09. The summed E-state index contributed by atoms with van der Waals surface area (Å²) in [5, 5.41) is 3.40. The van der Waals surface area contributed by atoms with Crippen molar-refractivity contribution >= 4 is 11.5 Å². The second-order valence-electron chi connectivity index (χ2n) is 8.67. The van der Waals surface area contributed by atoms with E-state index in [9.17, 15) is 18.0 Å². The summed E-state index contributed by atoms with van der Waals surface area (Å²) in [5.74, 6) is -0.652. The quantitative estimate of drug-likeness (QED) is 0.720. The zero-order valence-corrected chi connectivity index (χ0v) is 18.9. The van der Waals surface area contributed by atoms with E-state index in [0.29, 0.717) is 23.6 Å². The SMILES string of the molecule is COc1ccc(C2=CC(=O)N3C=C(N4CCNC(C)C4)C=CC3=CCC2C)cc1C(F)(F)F. The Morgan fingerprint density at radius 3 is 2.61 bits per heavy atom. The van der Waals surface area contributed by atoms with Crippen molar-refractivity contribution in [1.29, 1.82) is 0 Å². The van der Waals surface area contributed by atoms with Crippen molar-refractivity contribution < 1.29 is 22.7 Å². The first kappa shape index (κ1) is 23.2. The number of halogens is 3. The highest BCUT2D eigenvalue weighted by Crippen LogP contribution is 2.40. The third-order valence-corrected chi connectivity index (χ3v) is 6.26. The number of piperazine rings is 1. The van der Waals surface area contributed by atoms with E-state index in [2.05, 4.69) is 17.1 Å². The van der Waals surface area contributed by atoms with Gasteiger partial charge < -0.3 is 15.0 Å². The summed E-state index contributed by atoms with van der Waals surface area (Å²) < 4.78 is 45.6. The van der Waals surface area contributed by atoms with Crippen LogP contribution in [0.15, 0.2) is 60.1 Å². The van der Waals surface area contributed by atoms with E-state index >= 15 is 0 Å². The zero-order chi connectivity index (χ0) is 23.8. The van der Waals surface area contributed by atoms with E-state index in [4.69, 9.17) is 4.74 Å². The average Bonchev–Trinajstić information content (AvgIpc) is 2.79. The van der Waals surface area contributed by atoms with E-state index in [1.165, 1.54) is 19.3 Å². The Balaban J connectivity index is 1.68. The molecule has 0 spiro atoms. The first-order valence-corrected chi connectivity index (χ1v) is 11.1. The van der Waals surface area contributed by atoms with Crippen LogP contribution in [0.3, 0.4) is 0 Å². The number of nitrogens with zero attached hydrogens (tertiary/aromatic N) is 2. The fourth-order valence-electron chi connectivity index (χ4n) is 4.46. The minimum atomic E-state index is -4.56. The highest BCUT2D eigenvalue weighted by Gasteiger charge is 2.35. The molecule has 4 rings (SSSR count). The molecule has 1 aromatic carbocycles. The van der Waals surface area contributed by atoms with Crippen LogP contribution in [0.25, 0.3) is 5.57 Å². The van der Waals surface area contributed by atoms with Crippen molar-refractivity contribution in [1.82, 2.24) is 15.1 Å². The van der Waals surface area contributed by atoms with E-state index in [1.807, 2.05) is 31.4 Å². The van der Waals surface area contributed by atoms with Crippen LogP contribution in [0.2, 0.25) is 0 Å². The Morgan fingerprint density at radius 2 is 1.91 bits per heavy atom. The van der Waals surface area contributed by atoms with Crippen LogP contribution in [0.5, 0.6) is 5.75 Å². The van der Waals surface area contributed by atoms with Crippen LogP contribution < -0.4 is 10.1 Å². The molecule has 1 saturated heterocycles. The Kier molecular flexibility index (Phi) is 6.38. The van der Waals surface area contributed by atoms with Gasteiger partial charge in [-0.05, 0) is 54.7 Å². The van der Waals surface area contributed by atoms with Gasteiger partial charge in [0.05, 0.1) is 18.4 Å². The number of carbonyl (C=O) groups excluding carboxylic acids is 1. The van der Waals surface area contributed by atoms with Gasteiger partial charge in [-0.25, -0.2) is 0 Å². The van der Waals surface area contributed by atoms with Gasteiger partial charge in [-0.3, -0.25) is 9.69 Å². The van der Waals surface area contributed by atoms with E-state index in [1.54, 1.807) is 11.0 Å². The molecular formula is C25H28F3N3O2. The smallest absolute Gasteiger partial charge is 0.419 e. The van der Waals surface area contributed by atoms with Crippen LogP contribution >= 0.6 is 0 Å². The molecule has 1 fully saturated rings. The maximum Gasteiger partial charge on any atom is 0.419 e. The number of methoxy groups -OCH3 is 1. The molecule has 3 heterocycles. The van der Waals surface area contributed by atoms with Crippen LogP contribution in [-0.2, 0) is 11.0 Å². The lowest BCUT2D eigenvalue weighted by Crippen LogP contribution is -2.48. The van der Waals surface area contributed by atoms with Crippen LogP contribution in [0.4, 0.5) is 13.2 Å². The molecule has 0 aromatic heterocycles. The number of benzene rings is 1. The lowest BCUT2D eigenvalue weighted by molar-refractivity contribution is -0.138. The Labute approximate surface area is 191 Å². The summed E-state index contributed by atoms with van der Waals surface area (Å²) in [6.07, 6.45) is 5.24. The highest BCUT2D eigenvalue weighted by molar-refractivity contribution is 5.98. The molecule has 176 valence electrons. The van der Waals surface area contributed by atoms with Gasteiger partial charge in [0.2, 0.25) is 0 Å². The number of hydrogen-bond donors (Lipinski definition) is 1. The molecule has 0 bridgehead atoms. The zero-order valence-electron chi connectivity index (χ0n) is 18.9. The van der Waals surface area contributed by atoms with E-state index in [-0.39, 0.29) is 17.6 Å². The molecular weight excluding hydrogens is 431 g/mol. The Hall–Kier alpha value is -3.00. The maximum absolute atomic E-state index is 13.6. The molecule has 3 aliphatic rings. The summed E-state index contributed by atoms with van der Waals surface area (Å²) in [5.41, 5.74) is 1.82. The van der Waals surface area contributed by atoms with Crippen molar-refractivity contribution in [3.8, 4) is 5.75 Å². The standard InChI is InChI=1S/C25H28F3N3O2/c1-16-4-6-19-7-8-20(30-11-10-29-17(2)14-30)15-31(19)24(32)13-21(16)18-5-9-23(33-3)22(12-18)25(26,27)28/h5-9,12-13,15-17,29H,4,10-11,14H2,1-3H3. The molecule has 2 atom stereocenters. The van der Waals surface area contributed by atoms with Gasteiger partial charge in [-0.15, -0.1) is 0 Å². The number of amides is 1. The molecule has 1 amide bonds. The van der Waals surface area contributed by atoms with Crippen molar-refractivity contribution in [2.45, 2.75) is 32.5 Å². The van der Waals surface area contributed by atoms with Gasteiger partial charge in [0.15, 0.2) is 0 Å². The first-order valence-electron chi connectivity index (χ1n) is 11.1. The molecule has 2 unspecified atom stereocenters. The molecule has 0 saturated carbocycles. The van der Waals surface area contributed by atoms with E-state index in [0.717, 1.165) is 37.1 Å². The van der Waals surface area contributed by atoms with Crippen molar-refractivity contribution in [3.63, 3.8) is 0 Å². The third-order valence-electron chi connectivity index (χ3n) is 6.26. The number of ether oxygens (including phenoxy) is 1. The minimum absolute atomic E-state index is 0.133. The molecule has 5 nitrogen and oxygen atoms in total. The lowest BCUT2D eigenvalue weighted by atomic mass is 9.88. The summed E-state index contributed by atoms with van der Waals surface area (Å²) >= 11 is 0. The predicted molar refractivity (Wildman–Crippen MR) is 121 cm³/mol. The summed E-state index contributed by atoms with van der Waals surface area (Å²) in [7, 11) is 1.21. The normalized spacial score (nSPS) is 23.8. The van der Waals surface area contributed by atoms with Gasteiger partial charge in [-0.2, -0.15) is 13.2 Å². The molecule has 0 aliphatic carbocycles. The monoisotopic (exact) mass is 459 g/mol. The van der Waals surface area contributed by atoms with Crippen LogP contribution in [0, 0.1) is 5.92 Å². The first-order chi connectivity index (χ1) is 15.7. The fraction of sp³-hybridized carbons (Fsp3) is 0.400. The Morgan fingerprint density at radius 1 is 1.15 bits per heavy atom. The molecule has 3 aliphatic heterocycles. The fourth-order valence-corrected chi connectivity index (χ4v) is 4.46. The number of rotatable bonds is 3. The number of alkyl halides is 3. The number of carbonyl (C=O) groups is 1. The molecule has 8 heteroatoms. The van der Waals surface area contributed by atoms with Crippen LogP contribution in [-0.4, -0.2) is 48.5 Å². The highest BCUT2D eigenvalue weighted by atomic mass is 19.4. The van der Waals surface area contributed by atoms with Crippen LogP contribution in [0.1, 0.15) is 31.4 Å². The number of fused-ring (bicyclic) bond motifs is 1. The van der Waals surface area contributed by atoms with Gasteiger partial charge in [0.25, 0.3) is 5.91 Å². The molecule has 1 N–H and O–H groups in total. The van der Waals surface area contributed by atoms with E-state index < -0.39 is 11.7 Å². The molecule has 1 aromatic rings. The largest absolute Gasteiger partial charge is 0.496 e. The molecule has 33 heavy (non-hydrogen) atoms. The third kappa shape index (κ3) is 4.85. The lowest BCUT2D eigenvalue weighted by Gasteiger charge is -2.36. The average molecular weight is 460 g/mol. The van der Waals surface area contributed by atoms with Gasteiger partial charge >= 0.3 is 6.18 Å². The molecule has 0 radical (unpaired) electrons. The summed E-state index contributed by atoms with van der Waals surface area (Å²) in [6.45, 7) is 6.57. The number of allylic oxidation sites excluding steroid dienone is 4. The van der Waals surface area contributed by atoms with Gasteiger partial charge in [0.1, 0.15) is 5.75 Å². The second-order valence-corrected chi connectivity index (χ2v) is 8.67. The summed E-state index contributed by atoms with van der Waals surface area (Å²) in [4.78, 5) is 17.1. The van der Waals surface area contributed by atoms with Gasteiger partial charge in [0, 0.05) is 43.6 Å². The number of nitrogens with one attached hydrogen (secondary N) is 1. The van der Waals surface area contributed by atoms with Gasteiger partial charge in [-0.1, -0.05) is 19.1 Å². The topological polar surface area (TPSA) is 44.8 Å². The minimum Gasteiger partial charge on any atom is -0.496 e. The maximum atomic E-state index is 13.6. The van der Waals surface area contributed by atoms with Crippen molar-refractivity contribution in [3.05, 3.63) is 71.2 Å². The Bertz CT molecular complexity index is 1060. The van der Waals surface area contributed by atoms with Crippen molar-refractivity contribution in [2.75, 3.05) is 26.7 Å². The summed E-state index contributed by atoms with van der Waals surface area (Å²) in [6, 6.07) is 4.30. The van der Waals surface area contributed by atoms with Crippen molar-refractivity contribution in [2.24, 2.45) is 5.92 Å².